The van der Waals surface area contributed by atoms with Crippen molar-refractivity contribution in [3.05, 3.63) is 29.8 Å². The van der Waals surface area contributed by atoms with E-state index in [0.717, 1.165) is 12.1 Å². The molecule has 0 saturated carbocycles. The standard InChI is InChI=1S/C16H24N2O/c1-12(19)13-5-7-15(8-6-13)18-11-14(17-4)9-10-16(18,2)3/h5-8,14,17H,9-11H2,1-4H3. The first kappa shape index (κ1) is 14.1. The predicted octanol–water partition coefficient (Wildman–Crippen LogP) is 2.86. The maximum atomic E-state index is 11.3. The summed E-state index contributed by atoms with van der Waals surface area (Å²) in [5, 5.41) is 3.38. The molecule has 19 heavy (non-hydrogen) atoms. The fourth-order valence-electron chi connectivity index (χ4n) is 2.79. The Kier molecular flexibility index (Phi) is 3.95. The summed E-state index contributed by atoms with van der Waals surface area (Å²) >= 11 is 0. The molecule has 1 heterocycles. The first-order chi connectivity index (χ1) is 8.94. The molecule has 0 radical (unpaired) electrons. The van der Waals surface area contributed by atoms with E-state index in [2.05, 4.69) is 36.2 Å². The van der Waals surface area contributed by atoms with Crippen molar-refractivity contribution in [2.75, 3.05) is 18.5 Å². The average molecular weight is 260 g/mol. The number of nitrogens with zero attached hydrogens (tertiary/aromatic N) is 1. The van der Waals surface area contributed by atoms with E-state index in [1.165, 1.54) is 18.5 Å². The lowest BCUT2D eigenvalue weighted by Gasteiger charge is -2.47. The lowest BCUT2D eigenvalue weighted by molar-refractivity contribution is 0.101. The molecule has 1 unspecified atom stereocenters. The molecule has 104 valence electrons. The average Bonchev–Trinajstić information content (AvgIpc) is 2.39. The van der Waals surface area contributed by atoms with Crippen molar-refractivity contribution in [2.45, 2.75) is 45.2 Å². The number of carbonyl (C=O) groups excluding carboxylic acids is 1. The monoisotopic (exact) mass is 260 g/mol. The highest BCUT2D eigenvalue weighted by molar-refractivity contribution is 5.94. The molecule has 2 rings (SSSR count). The van der Waals surface area contributed by atoms with Crippen LogP contribution in [0.1, 0.15) is 44.0 Å². The SMILES string of the molecule is CNC1CCC(C)(C)N(c2ccc(C(C)=O)cc2)C1. The second-order valence-electron chi connectivity index (χ2n) is 6.05. The van der Waals surface area contributed by atoms with Gasteiger partial charge in [0.2, 0.25) is 0 Å². The number of hydrogen-bond donors (Lipinski definition) is 1. The topological polar surface area (TPSA) is 32.3 Å². The maximum Gasteiger partial charge on any atom is 0.159 e. The van der Waals surface area contributed by atoms with E-state index in [-0.39, 0.29) is 11.3 Å². The maximum absolute atomic E-state index is 11.3. The van der Waals surface area contributed by atoms with Crippen LogP contribution in [0.3, 0.4) is 0 Å². The van der Waals surface area contributed by atoms with Gasteiger partial charge in [-0.15, -0.1) is 0 Å². The molecule has 0 spiro atoms. The molecule has 0 amide bonds. The summed E-state index contributed by atoms with van der Waals surface area (Å²) in [6.45, 7) is 7.20. The second kappa shape index (κ2) is 5.33. The molecule has 0 bridgehead atoms. The Balaban J connectivity index is 2.24. The van der Waals surface area contributed by atoms with Crippen LogP contribution in [0.2, 0.25) is 0 Å². The first-order valence-corrected chi connectivity index (χ1v) is 7.00. The minimum absolute atomic E-state index is 0.123. The summed E-state index contributed by atoms with van der Waals surface area (Å²) < 4.78 is 0. The summed E-state index contributed by atoms with van der Waals surface area (Å²) in [5.41, 5.74) is 2.16. The third kappa shape index (κ3) is 2.98. The number of carbonyl (C=O) groups is 1. The van der Waals surface area contributed by atoms with Gasteiger partial charge in [0, 0.05) is 29.4 Å². The van der Waals surface area contributed by atoms with Gasteiger partial charge in [-0.3, -0.25) is 4.79 Å². The van der Waals surface area contributed by atoms with Crippen LogP contribution in [0.5, 0.6) is 0 Å². The van der Waals surface area contributed by atoms with Gasteiger partial charge in [0.25, 0.3) is 0 Å². The van der Waals surface area contributed by atoms with Gasteiger partial charge in [0.05, 0.1) is 0 Å². The summed E-state index contributed by atoms with van der Waals surface area (Å²) in [4.78, 5) is 13.8. The van der Waals surface area contributed by atoms with Crippen molar-refractivity contribution in [1.82, 2.24) is 5.32 Å². The zero-order valence-electron chi connectivity index (χ0n) is 12.4. The van der Waals surface area contributed by atoms with Crippen molar-refractivity contribution in [3.63, 3.8) is 0 Å². The number of benzene rings is 1. The number of Topliss-reactive ketones (excluding diaryl/α,β-unsaturated/α-hetero) is 1. The molecule has 1 fully saturated rings. The molecule has 0 aliphatic carbocycles. The number of nitrogens with one attached hydrogen (secondary N) is 1. The van der Waals surface area contributed by atoms with Gasteiger partial charge in [-0.05, 0) is 64.9 Å². The van der Waals surface area contributed by atoms with Crippen LogP contribution in [0.15, 0.2) is 24.3 Å². The van der Waals surface area contributed by atoms with Gasteiger partial charge in [-0.1, -0.05) is 0 Å². The van der Waals surface area contributed by atoms with Crippen LogP contribution in [0.4, 0.5) is 5.69 Å². The Hall–Kier alpha value is -1.35. The Morgan fingerprint density at radius 3 is 2.47 bits per heavy atom. The lowest BCUT2D eigenvalue weighted by atomic mass is 9.87. The van der Waals surface area contributed by atoms with Crippen molar-refractivity contribution >= 4 is 11.5 Å². The number of hydrogen-bond acceptors (Lipinski definition) is 3. The molecule has 3 heteroatoms. The van der Waals surface area contributed by atoms with Gasteiger partial charge in [-0.2, -0.15) is 0 Å². The largest absolute Gasteiger partial charge is 0.365 e. The summed E-state index contributed by atoms with van der Waals surface area (Å²) in [6.07, 6.45) is 2.39. The van der Waals surface area contributed by atoms with Crippen molar-refractivity contribution in [1.29, 1.82) is 0 Å². The molecule has 3 nitrogen and oxygen atoms in total. The number of anilines is 1. The quantitative estimate of drug-likeness (QED) is 0.848. The van der Waals surface area contributed by atoms with Crippen LogP contribution < -0.4 is 10.2 Å². The molecule has 1 aliphatic heterocycles. The smallest absolute Gasteiger partial charge is 0.159 e. The minimum atomic E-state index is 0.123. The molecule has 1 aromatic carbocycles. The van der Waals surface area contributed by atoms with E-state index in [1.807, 2.05) is 19.2 Å². The molecule has 1 saturated heterocycles. The van der Waals surface area contributed by atoms with E-state index >= 15 is 0 Å². The third-order valence-electron chi connectivity index (χ3n) is 4.23. The van der Waals surface area contributed by atoms with Crippen molar-refractivity contribution in [3.8, 4) is 0 Å². The van der Waals surface area contributed by atoms with Gasteiger partial charge in [0.15, 0.2) is 5.78 Å². The van der Waals surface area contributed by atoms with E-state index < -0.39 is 0 Å². The van der Waals surface area contributed by atoms with Crippen LogP contribution in [-0.4, -0.2) is 31.0 Å². The Morgan fingerprint density at radius 1 is 1.32 bits per heavy atom. The molecule has 0 aromatic heterocycles. The number of likely N-dealkylation sites (N-methyl/N-ethyl adjacent to an activating group) is 1. The van der Waals surface area contributed by atoms with Crippen molar-refractivity contribution in [2.24, 2.45) is 0 Å². The highest BCUT2D eigenvalue weighted by Crippen LogP contribution is 2.32. The van der Waals surface area contributed by atoms with Gasteiger partial charge >= 0.3 is 0 Å². The normalized spacial score (nSPS) is 22.3. The van der Waals surface area contributed by atoms with Crippen LogP contribution in [0, 0.1) is 0 Å². The van der Waals surface area contributed by atoms with E-state index in [4.69, 9.17) is 0 Å². The zero-order valence-corrected chi connectivity index (χ0v) is 12.4. The number of ketones is 1. The van der Waals surface area contributed by atoms with Crippen LogP contribution >= 0.6 is 0 Å². The molecular weight excluding hydrogens is 236 g/mol. The number of rotatable bonds is 3. The van der Waals surface area contributed by atoms with E-state index in [1.54, 1.807) is 6.92 Å². The Morgan fingerprint density at radius 2 is 1.95 bits per heavy atom. The molecule has 1 aliphatic rings. The summed E-state index contributed by atoms with van der Waals surface area (Å²) in [7, 11) is 2.03. The molecule has 1 aromatic rings. The highest BCUT2D eigenvalue weighted by Gasteiger charge is 2.33. The highest BCUT2D eigenvalue weighted by atomic mass is 16.1. The fourth-order valence-corrected chi connectivity index (χ4v) is 2.79. The lowest BCUT2D eigenvalue weighted by Crippen LogP contribution is -2.55. The van der Waals surface area contributed by atoms with Crippen LogP contribution in [-0.2, 0) is 0 Å². The number of piperidine rings is 1. The van der Waals surface area contributed by atoms with E-state index in [0.29, 0.717) is 6.04 Å². The van der Waals surface area contributed by atoms with Gasteiger partial charge < -0.3 is 10.2 Å². The molecule has 1 N–H and O–H groups in total. The first-order valence-electron chi connectivity index (χ1n) is 7.00. The summed E-state index contributed by atoms with van der Waals surface area (Å²) in [5.74, 6) is 0.123. The molecular formula is C16H24N2O. The predicted molar refractivity (Wildman–Crippen MR) is 80.0 cm³/mol. The van der Waals surface area contributed by atoms with E-state index in [9.17, 15) is 4.79 Å². The van der Waals surface area contributed by atoms with Crippen LogP contribution in [0.25, 0.3) is 0 Å². The Labute approximate surface area is 116 Å². The van der Waals surface area contributed by atoms with Gasteiger partial charge in [0.1, 0.15) is 0 Å². The molecule has 1 atom stereocenters. The van der Waals surface area contributed by atoms with Crippen molar-refractivity contribution < 1.29 is 4.79 Å². The summed E-state index contributed by atoms with van der Waals surface area (Å²) in [6, 6.07) is 8.53. The zero-order chi connectivity index (χ0) is 14.0. The fraction of sp³-hybridized carbons (Fsp3) is 0.562. The second-order valence-corrected chi connectivity index (χ2v) is 6.05. The third-order valence-corrected chi connectivity index (χ3v) is 4.23. The van der Waals surface area contributed by atoms with Gasteiger partial charge in [-0.25, -0.2) is 0 Å². The minimum Gasteiger partial charge on any atom is -0.365 e. The Bertz CT molecular complexity index is 450.